The summed E-state index contributed by atoms with van der Waals surface area (Å²) in [6.45, 7) is 4.05. The van der Waals surface area contributed by atoms with Crippen LogP contribution in [0.15, 0.2) is 47.5 Å². The van der Waals surface area contributed by atoms with Crippen LogP contribution in [0.2, 0.25) is 5.02 Å². The first-order valence-electron chi connectivity index (χ1n) is 8.09. The molecule has 0 aromatic heterocycles. The Hall–Kier alpha value is -2.31. The lowest BCUT2D eigenvalue weighted by Gasteiger charge is -2.07. The molecule has 0 bridgehead atoms. The zero-order chi connectivity index (χ0) is 18.7. The number of amidine groups is 1. The van der Waals surface area contributed by atoms with Crippen molar-refractivity contribution in [3.05, 3.63) is 58.6 Å². The van der Waals surface area contributed by atoms with E-state index in [4.69, 9.17) is 11.6 Å². The molecule has 1 saturated heterocycles. The Balaban J connectivity index is 1.63. The van der Waals surface area contributed by atoms with Gasteiger partial charge in [0.2, 0.25) is 11.8 Å². The van der Waals surface area contributed by atoms with E-state index in [1.165, 1.54) is 17.3 Å². The van der Waals surface area contributed by atoms with Crippen molar-refractivity contribution in [2.75, 3.05) is 5.32 Å². The Morgan fingerprint density at radius 2 is 2.04 bits per heavy atom. The molecule has 26 heavy (non-hydrogen) atoms. The number of thioether (sulfide) groups is 1. The average Bonchev–Trinajstić information content (AvgIpc) is 2.90. The van der Waals surface area contributed by atoms with Crippen LogP contribution in [-0.2, 0) is 9.59 Å². The minimum atomic E-state index is -0.500. The van der Waals surface area contributed by atoms with Crippen molar-refractivity contribution in [2.45, 2.75) is 25.5 Å². The third-order valence-corrected chi connectivity index (χ3v) is 5.29. The molecule has 2 amide bonds. The largest absolute Gasteiger partial charge is 0.326 e. The second-order valence-electron chi connectivity index (χ2n) is 6.04. The molecule has 2 N–H and O–H groups in total. The number of benzene rings is 2. The fourth-order valence-corrected chi connectivity index (χ4v) is 3.63. The molecular weight excluding hydrogens is 370 g/mol. The SMILES string of the molecule is Cc1ccc(N=C2NC(=O)[C@H](CC(=O)Nc3cccc(Cl)c3)S2)cc1C. The highest BCUT2D eigenvalue weighted by molar-refractivity contribution is 8.15. The summed E-state index contributed by atoms with van der Waals surface area (Å²) >= 11 is 7.17. The minimum Gasteiger partial charge on any atom is -0.326 e. The van der Waals surface area contributed by atoms with Crippen LogP contribution in [-0.4, -0.2) is 22.2 Å². The van der Waals surface area contributed by atoms with Crippen molar-refractivity contribution < 1.29 is 9.59 Å². The van der Waals surface area contributed by atoms with Gasteiger partial charge in [-0.1, -0.05) is 35.5 Å². The molecule has 5 nitrogen and oxygen atoms in total. The Kier molecular flexibility index (Phi) is 5.64. The molecule has 0 spiro atoms. The van der Waals surface area contributed by atoms with Gasteiger partial charge in [0, 0.05) is 17.1 Å². The summed E-state index contributed by atoms with van der Waals surface area (Å²) in [5, 5.41) is 6.04. The molecule has 134 valence electrons. The Morgan fingerprint density at radius 1 is 1.23 bits per heavy atom. The van der Waals surface area contributed by atoms with E-state index in [1.807, 2.05) is 32.0 Å². The zero-order valence-corrected chi connectivity index (χ0v) is 15.9. The van der Waals surface area contributed by atoms with Gasteiger partial charge in [0.05, 0.1) is 5.69 Å². The van der Waals surface area contributed by atoms with Crippen LogP contribution in [0.1, 0.15) is 17.5 Å². The summed E-state index contributed by atoms with van der Waals surface area (Å²) in [6, 6.07) is 12.8. The molecule has 2 aromatic carbocycles. The second-order valence-corrected chi connectivity index (χ2v) is 7.67. The van der Waals surface area contributed by atoms with Crippen molar-refractivity contribution >= 4 is 51.7 Å². The maximum absolute atomic E-state index is 12.2. The molecular formula is C19H18ClN3O2S. The number of amides is 2. The number of halogens is 1. The first kappa shape index (κ1) is 18.5. The first-order valence-corrected chi connectivity index (χ1v) is 9.35. The summed E-state index contributed by atoms with van der Waals surface area (Å²) in [6.07, 6.45) is 0.0644. The van der Waals surface area contributed by atoms with Crippen LogP contribution in [0.4, 0.5) is 11.4 Å². The normalized spacial score (nSPS) is 18.0. The number of nitrogens with zero attached hydrogens (tertiary/aromatic N) is 1. The molecule has 1 atom stereocenters. The Bertz CT molecular complexity index is 898. The van der Waals surface area contributed by atoms with E-state index < -0.39 is 5.25 Å². The molecule has 1 heterocycles. The summed E-state index contributed by atoms with van der Waals surface area (Å²) in [7, 11) is 0. The maximum atomic E-state index is 12.2. The van der Waals surface area contributed by atoms with Crippen LogP contribution >= 0.6 is 23.4 Å². The zero-order valence-electron chi connectivity index (χ0n) is 14.4. The molecule has 1 aliphatic rings. The van der Waals surface area contributed by atoms with Gasteiger partial charge in [-0.15, -0.1) is 0 Å². The number of aliphatic imine (C=N–C) groups is 1. The minimum absolute atomic E-state index is 0.0644. The number of carbonyl (C=O) groups is 2. The highest BCUT2D eigenvalue weighted by atomic mass is 35.5. The molecule has 0 aliphatic carbocycles. The lowest BCUT2D eigenvalue weighted by Crippen LogP contribution is -2.28. The van der Waals surface area contributed by atoms with E-state index in [9.17, 15) is 9.59 Å². The molecule has 0 saturated carbocycles. The van der Waals surface area contributed by atoms with Crippen molar-refractivity contribution in [3.63, 3.8) is 0 Å². The van der Waals surface area contributed by atoms with Gasteiger partial charge in [0.25, 0.3) is 0 Å². The summed E-state index contributed by atoms with van der Waals surface area (Å²) < 4.78 is 0. The third kappa shape index (κ3) is 4.65. The van der Waals surface area contributed by atoms with E-state index in [1.54, 1.807) is 24.3 Å². The molecule has 3 rings (SSSR count). The maximum Gasteiger partial charge on any atom is 0.240 e. The van der Waals surface area contributed by atoms with Crippen LogP contribution in [0.3, 0.4) is 0 Å². The highest BCUT2D eigenvalue weighted by Gasteiger charge is 2.32. The van der Waals surface area contributed by atoms with Gasteiger partial charge in [0.1, 0.15) is 5.25 Å². The molecule has 2 aromatic rings. The predicted molar refractivity (Wildman–Crippen MR) is 107 cm³/mol. The van der Waals surface area contributed by atoms with Crippen LogP contribution in [0.5, 0.6) is 0 Å². The number of aryl methyl sites for hydroxylation is 2. The molecule has 1 fully saturated rings. The van der Waals surface area contributed by atoms with E-state index >= 15 is 0 Å². The Morgan fingerprint density at radius 3 is 2.77 bits per heavy atom. The van der Waals surface area contributed by atoms with E-state index in [0.29, 0.717) is 15.9 Å². The smallest absolute Gasteiger partial charge is 0.240 e. The topological polar surface area (TPSA) is 70.6 Å². The number of carbonyl (C=O) groups excluding carboxylic acids is 2. The van der Waals surface area contributed by atoms with Gasteiger partial charge < -0.3 is 10.6 Å². The van der Waals surface area contributed by atoms with Gasteiger partial charge in [-0.2, -0.15) is 0 Å². The molecule has 0 unspecified atom stereocenters. The summed E-state index contributed by atoms with van der Waals surface area (Å²) in [4.78, 5) is 28.8. The molecule has 7 heteroatoms. The van der Waals surface area contributed by atoms with Gasteiger partial charge in [0.15, 0.2) is 5.17 Å². The lowest BCUT2D eigenvalue weighted by molar-refractivity contribution is -0.122. The number of hydrogen-bond donors (Lipinski definition) is 2. The molecule has 0 radical (unpaired) electrons. The van der Waals surface area contributed by atoms with Gasteiger partial charge in [-0.3, -0.25) is 9.59 Å². The van der Waals surface area contributed by atoms with Crippen molar-refractivity contribution in [3.8, 4) is 0 Å². The third-order valence-electron chi connectivity index (χ3n) is 3.98. The predicted octanol–water partition coefficient (Wildman–Crippen LogP) is 4.20. The first-order chi connectivity index (χ1) is 12.4. The number of hydrogen-bond acceptors (Lipinski definition) is 4. The van der Waals surface area contributed by atoms with Crippen molar-refractivity contribution in [1.29, 1.82) is 0 Å². The van der Waals surface area contributed by atoms with E-state index in [2.05, 4.69) is 15.6 Å². The van der Waals surface area contributed by atoms with Crippen molar-refractivity contribution in [1.82, 2.24) is 5.32 Å². The summed E-state index contributed by atoms with van der Waals surface area (Å²) in [5.74, 6) is -0.453. The lowest BCUT2D eigenvalue weighted by atomic mass is 10.1. The van der Waals surface area contributed by atoms with Gasteiger partial charge in [-0.05, 0) is 55.3 Å². The fraction of sp³-hybridized carbons (Fsp3) is 0.211. The summed E-state index contributed by atoms with van der Waals surface area (Å²) in [5.41, 5.74) is 3.71. The van der Waals surface area contributed by atoms with Crippen LogP contribution < -0.4 is 10.6 Å². The standard InChI is InChI=1S/C19H18ClN3O2S/c1-11-6-7-15(8-12(11)2)22-19-23-18(25)16(26-19)10-17(24)21-14-5-3-4-13(20)9-14/h3-9,16H,10H2,1-2H3,(H,21,24)(H,22,23,25)/t16-/m0/s1. The average molecular weight is 388 g/mol. The van der Waals surface area contributed by atoms with Crippen LogP contribution in [0.25, 0.3) is 0 Å². The van der Waals surface area contributed by atoms with E-state index in [-0.39, 0.29) is 18.2 Å². The highest BCUT2D eigenvalue weighted by Crippen LogP contribution is 2.26. The van der Waals surface area contributed by atoms with E-state index in [0.717, 1.165) is 11.3 Å². The number of nitrogens with one attached hydrogen (secondary N) is 2. The number of rotatable bonds is 4. The quantitative estimate of drug-likeness (QED) is 0.825. The van der Waals surface area contributed by atoms with Gasteiger partial charge >= 0.3 is 0 Å². The van der Waals surface area contributed by atoms with Crippen LogP contribution in [0, 0.1) is 13.8 Å². The van der Waals surface area contributed by atoms with Crippen molar-refractivity contribution in [2.24, 2.45) is 4.99 Å². The number of anilines is 1. The monoisotopic (exact) mass is 387 g/mol. The van der Waals surface area contributed by atoms with Gasteiger partial charge in [-0.25, -0.2) is 4.99 Å². The fourth-order valence-electron chi connectivity index (χ4n) is 2.45. The molecule has 1 aliphatic heterocycles. The second kappa shape index (κ2) is 7.93. The Labute approximate surface area is 161 Å².